The number of rotatable bonds is 9. The van der Waals surface area contributed by atoms with Crippen molar-refractivity contribution in [2.45, 2.75) is 0 Å². The van der Waals surface area contributed by atoms with Crippen LogP contribution in [0.3, 0.4) is 0 Å². The van der Waals surface area contributed by atoms with Crippen LogP contribution in [0.25, 0.3) is 0 Å². The van der Waals surface area contributed by atoms with Gasteiger partial charge in [-0.15, -0.1) is 0 Å². The molecule has 0 aliphatic heterocycles. The van der Waals surface area contributed by atoms with E-state index >= 15 is 0 Å². The molecule has 0 radical (unpaired) electrons. The molecule has 0 fully saturated rings. The highest BCUT2D eigenvalue weighted by Crippen LogP contribution is 2.52. The van der Waals surface area contributed by atoms with E-state index in [0.717, 1.165) is 51.2 Å². The maximum Gasteiger partial charge on any atom is 0.123 e. The van der Waals surface area contributed by atoms with Crippen LogP contribution < -0.4 is 14.7 Å². The van der Waals surface area contributed by atoms with Crippen molar-refractivity contribution in [2.75, 3.05) is 14.7 Å². The van der Waals surface area contributed by atoms with E-state index in [1.54, 1.807) is 36.4 Å². The summed E-state index contributed by atoms with van der Waals surface area (Å²) in [6.45, 7) is 0. The first-order valence-electron chi connectivity index (χ1n) is 15.5. The molecular formula is C42H30F3N3. The van der Waals surface area contributed by atoms with Gasteiger partial charge in [-0.1, -0.05) is 60.7 Å². The van der Waals surface area contributed by atoms with E-state index in [0.29, 0.717) is 0 Å². The van der Waals surface area contributed by atoms with Gasteiger partial charge in [-0.3, -0.25) is 0 Å². The fraction of sp³-hybridized carbons (Fsp3) is 0. The second-order valence-electron chi connectivity index (χ2n) is 11.1. The van der Waals surface area contributed by atoms with Gasteiger partial charge in [-0.25, -0.2) is 13.2 Å². The Morgan fingerprint density at radius 1 is 0.250 bits per heavy atom. The van der Waals surface area contributed by atoms with Gasteiger partial charge in [0.2, 0.25) is 0 Å². The zero-order chi connectivity index (χ0) is 32.9. The summed E-state index contributed by atoms with van der Waals surface area (Å²) in [6, 6.07) is 54.7. The lowest BCUT2D eigenvalue weighted by atomic mass is 10.1. The van der Waals surface area contributed by atoms with Crippen LogP contribution in [-0.2, 0) is 0 Å². The van der Waals surface area contributed by atoms with Crippen LogP contribution in [0, 0.1) is 17.5 Å². The fourth-order valence-electron chi connectivity index (χ4n) is 5.87. The molecule has 0 bridgehead atoms. The number of halogens is 3. The predicted molar refractivity (Wildman–Crippen MR) is 190 cm³/mol. The monoisotopic (exact) mass is 633 g/mol. The van der Waals surface area contributed by atoms with Crippen LogP contribution in [0.15, 0.2) is 182 Å². The lowest BCUT2D eigenvalue weighted by Gasteiger charge is -2.37. The summed E-state index contributed by atoms with van der Waals surface area (Å²) in [5.74, 6) is -1.04. The predicted octanol–water partition coefficient (Wildman–Crippen LogP) is 12.5. The van der Waals surface area contributed by atoms with E-state index in [2.05, 4.69) is 14.7 Å². The average Bonchev–Trinajstić information content (AvgIpc) is 3.13. The van der Waals surface area contributed by atoms with E-state index in [9.17, 15) is 13.2 Å². The summed E-state index contributed by atoms with van der Waals surface area (Å²) >= 11 is 0. The third-order valence-electron chi connectivity index (χ3n) is 8.00. The molecule has 0 unspecified atom stereocenters. The number of para-hydroxylation sites is 4. The lowest BCUT2D eigenvalue weighted by molar-refractivity contribution is 0.627. The van der Waals surface area contributed by atoms with Crippen LogP contribution in [0.4, 0.5) is 64.4 Å². The summed E-state index contributed by atoms with van der Waals surface area (Å²) in [6.07, 6.45) is 0. The van der Waals surface area contributed by atoms with Crippen molar-refractivity contribution in [3.8, 4) is 0 Å². The van der Waals surface area contributed by atoms with E-state index in [1.165, 1.54) is 36.4 Å². The normalized spacial score (nSPS) is 10.8. The molecule has 234 valence electrons. The average molecular weight is 634 g/mol. The van der Waals surface area contributed by atoms with Gasteiger partial charge >= 0.3 is 0 Å². The van der Waals surface area contributed by atoms with Gasteiger partial charge in [0, 0.05) is 34.1 Å². The molecule has 6 heteroatoms. The molecule has 0 heterocycles. The van der Waals surface area contributed by atoms with Gasteiger partial charge in [0.25, 0.3) is 0 Å². The van der Waals surface area contributed by atoms with Crippen LogP contribution in [0.2, 0.25) is 0 Å². The molecular weight excluding hydrogens is 603 g/mol. The largest absolute Gasteiger partial charge is 0.308 e. The first-order chi connectivity index (χ1) is 23.6. The van der Waals surface area contributed by atoms with Gasteiger partial charge in [-0.2, -0.15) is 0 Å². The van der Waals surface area contributed by atoms with E-state index in [-0.39, 0.29) is 17.5 Å². The van der Waals surface area contributed by atoms with Crippen molar-refractivity contribution in [3.63, 3.8) is 0 Å². The summed E-state index contributed by atoms with van der Waals surface area (Å²) in [7, 11) is 0. The first-order valence-corrected chi connectivity index (χ1v) is 15.5. The van der Waals surface area contributed by atoms with Gasteiger partial charge < -0.3 is 14.7 Å². The number of nitrogens with zero attached hydrogens (tertiary/aromatic N) is 3. The second-order valence-corrected chi connectivity index (χ2v) is 11.1. The van der Waals surface area contributed by atoms with Crippen molar-refractivity contribution >= 4 is 51.2 Å². The molecule has 0 aromatic heterocycles. The molecule has 48 heavy (non-hydrogen) atoms. The summed E-state index contributed by atoms with van der Waals surface area (Å²) in [5.41, 5.74) is 7.00. The van der Waals surface area contributed by atoms with Crippen molar-refractivity contribution in [1.82, 2.24) is 0 Å². The number of anilines is 9. The molecule has 0 amide bonds. The smallest absolute Gasteiger partial charge is 0.123 e. The van der Waals surface area contributed by atoms with Gasteiger partial charge in [0.1, 0.15) is 17.5 Å². The summed E-state index contributed by atoms with van der Waals surface area (Å²) in [4.78, 5) is 6.24. The standard InChI is InChI=1S/C42H30F3N3/c43-31-19-25-37(26-20-31)46(34-11-4-1-5-12-34)40-17-10-18-41(47(35-13-6-2-7-14-35)38-27-21-32(44)22-28-38)42(40)48(36-15-8-3-9-16-36)39-29-23-33(45)24-30-39/h1-30H. The van der Waals surface area contributed by atoms with Gasteiger partial charge in [0.05, 0.1) is 17.1 Å². The molecule has 0 saturated heterocycles. The zero-order valence-corrected chi connectivity index (χ0v) is 25.8. The molecule has 0 spiro atoms. The SMILES string of the molecule is Fc1ccc(N(c2ccccc2)c2cccc(N(c3ccccc3)c3ccc(F)cc3)c2N(c2ccccc2)c2ccc(F)cc2)cc1. The molecule has 7 aromatic rings. The van der Waals surface area contributed by atoms with Crippen LogP contribution in [0.1, 0.15) is 0 Å². The van der Waals surface area contributed by atoms with Gasteiger partial charge in [-0.05, 0) is 121 Å². The summed E-state index contributed by atoms with van der Waals surface area (Å²) < 4.78 is 43.1. The second kappa shape index (κ2) is 13.6. The van der Waals surface area contributed by atoms with Crippen molar-refractivity contribution in [1.29, 1.82) is 0 Å². The minimum absolute atomic E-state index is 0.343. The Hall–Kier alpha value is -6.27. The lowest BCUT2D eigenvalue weighted by Crippen LogP contribution is -2.21. The quantitative estimate of drug-likeness (QED) is 0.157. The topological polar surface area (TPSA) is 9.72 Å². The third kappa shape index (κ3) is 6.24. The van der Waals surface area contributed by atoms with Crippen LogP contribution in [-0.4, -0.2) is 0 Å². The Morgan fingerprint density at radius 2 is 0.521 bits per heavy atom. The molecule has 7 rings (SSSR count). The Labute approximate surface area is 278 Å². The highest BCUT2D eigenvalue weighted by Gasteiger charge is 2.28. The maximum absolute atomic E-state index is 14.4. The first kappa shape index (κ1) is 30.4. The van der Waals surface area contributed by atoms with Crippen molar-refractivity contribution in [3.05, 3.63) is 199 Å². The van der Waals surface area contributed by atoms with E-state index < -0.39 is 0 Å². The molecule has 0 aliphatic rings. The highest BCUT2D eigenvalue weighted by molar-refractivity contribution is 6.00. The Balaban J connectivity index is 1.60. The van der Waals surface area contributed by atoms with Crippen LogP contribution in [0.5, 0.6) is 0 Å². The van der Waals surface area contributed by atoms with Crippen LogP contribution >= 0.6 is 0 Å². The fourth-order valence-corrected chi connectivity index (χ4v) is 5.87. The molecule has 0 aliphatic carbocycles. The number of hydrogen-bond donors (Lipinski definition) is 0. The maximum atomic E-state index is 14.4. The minimum Gasteiger partial charge on any atom is -0.308 e. The van der Waals surface area contributed by atoms with Gasteiger partial charge in [0.15, 0.2) is 0 Å². The number of benzene rings is 7. The third-order valence-corrected chi connectivity index (χ3v) is 8.00. The van der Waals surface area contributed by atoms with E-state index in [4.69, 9.17) is 0 Å². The molecule has 3 nitrogen and oxygen atoms in total. The zero-order valence-electron chi connectivity index (χ0n) is 25.8. The van der Waals surface area contributed by atoms with Crippen molar-refractivity contribution in [2.24, 2.45) is 0 Å². The Bertz CT molecular complexity index is 1980. The molecule has 7 aromatic carbocycles. The molecule has 0 N–H and O–H groups in total. The highest BCUT2D eigenvalue weighted by atomic mass is 19.1. The molecule has 0 atom stereocenters. The number of hydrogen-bond acceptors (Lipinski definition) is 3. The minimum atomic E-state index is -0.352. The van der Waals surface area contributed by atoms with E-state index in [1.807, 2.05) is 109 Å². The Morgan fingerprint density at radius 3 is 0.854 bits per heavy atom. The molecule has 0 saturated carbocycles. The Kier molecular flexibility index (Phi) is 8.62. The summed E-state index contributed by atoms with van der Waals surface area (Å²) in [5, 5.41) is 0. The van der Waals surface area contributed by atoms with Crippen molar-refractivity contribution < 1.29 is 13.2 Å².